The molecular formula is C35H40N6O2S. The first-order chi connectivity index (χ1) is 21.3. The highest BCUT2D eigenvalue weighted by atomic mass is 32.1. The van der Waals surface area contributed by atoms with Crippen LogP contribution in [0.4, 0.5) is 11.4 Å². The molecule has 0 aliphatic carbocycles. The van der Waals surface area contributed by atoms with Crippen LogP contribution >= 0.6 is 12.2 Å². The van der Waals surface area contributed by atoms with E-state index in [1.165, 1.54) is 5.69 Å². The van der Waals surface area contributed by atoms with Gasteiger partial charge < -0.3 is 29.7 Å². The molecule has 44 heavy (non-hydrogen) atoms. The fourth-order valence-electron chi connectivity index (χ4n) is 6.41. The molecule has 8 nitrogen and oxygen atoms in total. The Balaban J connectivity index is 1.28. The predicted octanol–water partition coefficient (Wildman–Crippen LogP) is 5.94. The Hall–Kier alpha value is -4.21. The van der Waals surface area contributed by atoms with Gasteiger partial charge in [-0.05, 0) is 105 Å². The van der Waals surface area contributed by atoms with Crippen LogP contribution < -0.4 is 15.5 Å². The normalized spacial score (nSPS) is 18.4. The van der Waals surface area contributed by atoms with Gasteiger partial charge in [0, 0.05) is 60.7 Å². The molecule has 0 bridgehead atoms. The third kappa shape index (κ3) is 6.07. The summed E-state index contributed by atoms with van der Waals surface area (Å²) in [4.78, 5) is 22.4. The van der Waals surface area contributed by atoms with Crippen molar-refractivity contribution in [3.8, 4) is 5.69 Å². The quantitative estimate of drug-likeness (QED) is 0.240. The second-order valence-corrected chi connectivity index (χ2v) is 12.1. The van der Waals surface area contributed by atoms with Gasteiger partial charge in [0.2, 0.25) is 5.91 Å². The molecule has 0 saturated carbocycles. The molecule has 2 aromatic carbocycles. The number of anilines is 2. The highest BCUT2D eigenvalue weighted by Crippen LogP contribution is 2.41. The van der Waals surface area contributed by atoms with Crippen LogP contribution in [-0.2, 0) is 9.53 Å². The van der Waals surface area contributed by atoms with Gasteiger partial charge >= 0.3 is 0 Å². The van der Waals surface area contributed by atoms with Gasteiger partial charge in [-0.2, -0.15) is 0 Å². The lowest BCUT2D eigenvalue weighted by molar-refractivity contribution is -0.116. The number of thiocarbonyl (C=S) groups is 1. The van der Waals surface area contributed by atoms with Gasteiger partial charge in [0.1, 0.15) is 0 Å². The fourth-order valence-corrected chi connectivity index (χ4v) is 6.74. The standard InChI is InChI=1S/C35H40N6O2S/c1-23-8-9-24(2)31(21-23)37-32(42)14-16-40-34(33(38-35(40)44)30-7-5-6-15-36-30)29-22-25(3)41(26(29)4)28-12-10-27(11-13-28)39-17-19-43-20-18-39/h5-13,15,21-22,33-34H,14,16-20H2,1-4H3,(H,37,42)(H,38,44)/t33-,34-/m0/s1. The number of hydrogen-bond acceptors (Lipinski definition) is 5. The Morgan fingerprint density at radius 1 is 1.00 bits per heavy atom. The topological polar surface area (TPSA) is 74.7 Å². The summed E-state index contributed by atoms with van der Waals surface area (Å²) in [6, 6.07) is 22.8. The van der Waals surface area contributed by atoms with Crippen LogP contribution in [0.5, 0.6) is 0 Å². The van der Waals surface area contributed by atoms with Crippen LogP contribution in [0.3, 0.4) is 0 Å². The minimum absolute atomic E-state index is 0.0348. The van der Waals surface area contributed by atoms with E-state index in [1.54, 1.807) is 0 Å². The van der Waals surface area contributed by atoms with Gasteiger partial charge in [-0.25, -0.2) is 0 Å². The van der Waals surface area contributed by atoms with Gasteiger partial charge in [0.15, 0.2) is 5.11 Å². The van der Waals surface area contributed by atoms with Crippen molar-refractivity contribution in [3.63, 3.8) is 0 Å². The Labute approximate surface area is 265 Å². The van der Waals surface area contributed by atoms with E-state index in [4.69, 9.17) is 21.9 Å². The van der Waals surface area contributed by atoms with Crippen molar-refractivity contribution < 1.29 is 9.53 Å². The Kier molecular flexibility index (Phi) is 8.68. The average molecular weight is 609 g/mol. The van der Waals surface area contributed by atoms with Crippen molar-refractivity contribution >= 4 is 34.6 Å². The van der Waals surface area contributed by atoms with Gasteiger partial charge in [-0.3, -0.25) is 9.78 Å². The lowest BCUT2D eigenvalue weighted by atomic mass is 9.96. The van der Waals surface area contributed by atoms with Crippen molar-refractivity contribution in [2.24, 2.45) is 0 Å². The monoisotopic (exact) mass is 608 g/mol. The van der Waals surface area contributed by atoms with E-state index in [-0.39, 0.29) is 18.0 Å². The van der Waals surface area contributed by atoms with E-state index < -0.39 is 0 Å². The third-order valence-corrected chi connectivity index (χ3v) is 9.07. The van der Waals surface area contributed by atoms with E-state index in [0.717, 1.165) is 71.5 Å². The maximum Gasteiger partial charge on any atom is 0.226 e. The molecule has 0 radical (unpaired) electrons. The number of aryl methyl sites for hydroxylation is 3. The molecule has 228 valence electrons. The SMILES string of the molecule is Cc1ccc(C)c(NC(=O)CCN2C(=S)N[C@@H](c3ccccn3)[C@@H]2c2cc(C)n(-c3ccc(N4CCOCC4)cc3)c2C)c1. The number of nitrogens with zero attached hydrogens (tertiary/aromatic N) is 4. The Morgan fingerprint density at radius 2 is 1.75 bits per heavy atom. The summed E-state index contributed by atoms with van der Waals surface area (Å²) in [7, 11) is 0. The van der Waals surface area contributed by atoms with Crippen LogP contribution in [0.2, 0.25) is 0 Å². The van der Waals surface area contributed by atoms with E-state index in [1.807, 2.05) is 50.4 Å². The van der Waals surface area contributed by atoms with Gasteiger partial charge in [-0.15, -0.1) is 0 Å². The van der Waals surface area contributed by atoms with E-state index in [0.29, 0.717) is 18.1 Å². The lowest BCUT2D eigenvalue weighted by Crippen LogP contribution is -2.36. The summed E-state index contributed by atoms with van der Waals surface area (Å²) in [6.07, 6.45) is 2.12. The second kappa shape index (κ2) is 12.8. The number of amides is 1. The minimum atomic E-state index is -0.150. The van der Waals surface area contributed by atoms with Crippen molar-refractivity contribution in [1.82, 2.24) is 19.8 Å². The minimum Gasteiger partial charge on any atom is -0.378 e. The van der Waals surface area contributed by atoms with Crippen LogP contribution in [0.15, 0.2) is 72.9 Å². The molecule has 9 heteroatoms. The fraction of sp³-hybridized carbons (Fsp3) is 0.343. The Morgan fingerprint density at radius 3 is 2.48 bits per heavy atom. The molecule has 0 unspecified atom stereocenters. The summed E-state index contributed by atoms with van der Waals surface area (Å²) >= 11 is 5.90. The number of rotatable bonds is 8. The van der Waals surface area contributed by atoms with Crippen LogP contribution in [0.25, 0.3) is 5.69 Å². The highest BCUT2D eigenvalue weighted by molar-refractivity contribution is 7.80. The zero-order valence-corrected chi connectivity index (χ0v) is 26.7. The largest absolute Gasteiger partial charge is 0.378 e. The summed E-state index contributed by atoms with van der Waals surface area (Å²) in [5, 5.41) is 7.27. The van der Waals surface area contributed by atoms with Crippen molar-refractivity contribution in [3.05, 3.63) is 107 Å². The van der Waals surface area contributed by atoms with E-state index in [9.17, 15) is 4.79 Å². The molecule has 2 aliphatic heterocycles. The zero-order chi connectivity index (χ0) is 30.8. The number of carbonyl (C=O) groups is 1. The molecule has 1 amide bonds. The Bertz CT molecular complexity index is 1650. The molecule has 2 fully saturated rings. The maximum absolute atomic E-state index is 13.2. The number of morpholine rings is 1. The van der Waals surface area contributed by atoms with Gasteiger partial charge in [0.05, 0.1) is 31.0 Å². The molecule has 2 aliphatic rings. The first-order valence-corrected chi connectivity index (χ1v) is 15.7. The second-order valence-electron chi connectivity index (χ2n) is 11.7. The number of carbonyl (C=O) groups excluding carboxylic acids is 1. The van der Waals surface area contributed by atoms with Crippen LogP contribution in [0.1, 0.15) is 52.3 Å². The zero-order valence-electron chi connectivity index (χ0n) is 25.8. The van der Waals surface area contributed by atoms with Crippen molar-refractivity contribution in [1.29, 1.82) is 0 Å². The molecule has 2 aromatic heterocycles. The first kappa shape index (κ1) is 29.8. The highest BCUT2D eigenvalue weighted by Gasteiger charge is 2.41. The predicted molar refractivity (Wildman–Crippen MR) is 180 cm³/mol. The van der Waals surface area contributed by atoms with Gasteiger partial charge in [-0.1, -0.05) is 18.2 Å². The number of nitrogens with one attached hydrogen (secondary N) is 2. The molecule has 4 heterocycles. The maximum atomic E-state index is 13.2. The summed E-state index contributed by atoms with van der Waals surface area (Å²) in [5.41, 5.74) is 9.70. The lowest BCUT2D eigenvalue weighted by Gasteiger charge is -2.29. The molecule has 6 rings (SSSR count). The third-order valence-electron chi connectivity index (χ3n) is 8.72. The number of ether oxygens (including phenoxy) is 1. The smallest absolute Gasteiger partial charge is 0.226 e. The molecule has 0 spiro atoms. The molecular weight excluding hydrogens is 568 g/mol. The van der Waals surface area contributed by atoms with Crippen molar-refractivity contribution in [2.45, 2.75) is 46.2 Å². The van der Waals surface area contributed by atoms with Crippen molar-refractivity contribution in [2.75, 3.05) is 43.1 Å². The van der Waals surface area contributed by atoms with Crippen LogP contribution in [0, 0.1) is 27.7 Å². The molecule has 2 atom stereocenters. The number of aromatic nitrogens is 2. The summed E-state index contributed by atoms with van der Waals surface area (Å²) < 4.78 is 7.84. The molecule has 2 saturated heterocycles. The summed E-state index contributed by atoms with van der Waals surface area (Å²) in [5.74, 6) is -0.0348. The van der Waals surface area contributed by atoms with Crippen LogP contribution in [-0.4, -0.2) is 58.3 Å². The van der Waals surface area contributed by atoms with E-state index >= 15 is 0 Å². The van der Waals surface area contributed by atoms with E-state index in [2.05, 4.69) is 75.2 Å². The summed E-state index contributed by atoms with van der Waals surface area (Å²) in [6.45, 7) is 12.2. The average Bonchev–Trinajstić information content (AvgIpc) is 3.52. The molecule has 4 aromatic rings. The number of benzene rings is 2. The van der Waals surface area contributed by atoms with Gasteiger partial charge in [0.25, 0.3) is 0 Å². The molecule has 2 N–H and O–H groups in total. The number of pyridine rings is 1. The number of hydrogen-bond donors (Lipinski definition) is 2. The first-order valence-electron chi connectivity index (χ1n) is 15.3.